The number of carbonyl (C=O) groups excluding carboxylic acids is 2. The highest BCUT2D eigenvalue weighted by Crippen LogP contribution is 2.05. The first-order valence-electron chi connectivity index (χ1n) is 8.60. The molecule has 0 aliphatic carbocycles. The lowest BCUT2D eigenvalue weighted by Gasteiger charge is -2.09. The average molecular weight is 328 g/mol. The number of methoxy groups -OCH3 is 1. The zero-order valence-corrected chi connectivity index (χ0v) is 14.8. The average Bonchev–Trinajstić information content (AvgIpc) is 2.55. The SMILES string of the molecule is CCCCCCCCOC(=O)/C=C/C(=O)OCC(C)CCOC. The van der Waals surface area contributed by atoms with E-state index in [1.165, 1.54) is 25.7 Å². The summed E-state index contributed by atoms with van der Waals surface area (Å²) in [6.07, 6.45) is 9.90. The number of carbonyl (C=O) groups is 2. The third-order valence-corrected chi connectivity index (χ3v) is 3.42. The molecule has 0 saturated heterocycles. The van der Waals surface area contributed by atoms with E-state index in [-0.39, 0.29) is 5.92 Å². The van der Waals surface area contributed by atoms with E-state index in [1.54, 1.807) is 7.11 Å². The molecule has 0 rings (SSSR count). The van der Waals surface area contributed by atoms with Crippen LogP contribution in [0.2, 0.25) is 0 Å². The van der Waals surface area contributed by atoms with Crippen molar-refractivity contribution in [2.75, 3.05) is 26.9 Å². The van der Waals surface area contributed by atoms with E-state index in [4.69, 9.17) is 14.2 Å². The molecule has 23 heavy (non-hydrogen) atoms. The van der Waals surface area contributed by atoms with E-state index >= 15 is 0 Å². The predicted molar refractivity (Wildman–Crippen MR) is 90.1 cm³/mol. The van der Waals surface area contributed by atoms with Gasteiger partial charge < -0.3 is 14.2 Å². The molecule has 0 spiro atoms. The van der Waals surface area contributed by atoms with E-state index in [0.717, 1.165) is 31.4 Å². The van der Waals surface area contributed by atoms with E-state index in [2.05, 4.69) is 6.92 Å². The van der Waals surface area contributed by atoms with Crippen LogP contribution in [0.15, 0.2) is 12.2 Å². The van der Waals surface area contributed by atoms with Crippen LogP contribution in [0.3, 0.4) is 0 Å². The Hall–Kier alpha value is -1.36. The summed E-state index contributed by atoms with van der Waals surface area (Å²) >= 11 is 0. The Kier molecular flexibility index (Phi) is 14.6. The number of hydrogen-bond donors (Lipinski definition) is 0. The van der Waals surface area contributed by atoms with Gasteiger partial charge in [0.05, 0.1) is 13.2 Å². The second kappa shape index (κ2) is 15.5. The van der Waals surface area contributed by atoms with Gasteiger partial charge in [-0.25, -0.2) is 9.59 Å². The van der Waals surface area contributed by atoms with Crippen molar-refractivity contribution in [3.8, 4) is 0 Å². The molecule has 0 aromatic rings. The molecule has 5 heteroatoms. The monoisotopic (exact) mass is 328 g/mol. The summed E-state index contributed by atoms with van der Waals surface area (Å²) in [5, 5.41) is 0. The Morgan fingerprint density at radius 1 is 0.913 bits per heavy atom. The fraction of sp³-hybridized carbons (Fsp3) is 0.778. The summed E-state index contributed by atoms with van der Waals surface area (Å²) in [7, 11) is 1.64. The van der Waals surface area contributed by atoms with Crippen LogP contribution in [0.5, 0.6) is 0 Å². The molecule has 134 valence electrons. The van der Waals surface area contributed by atoms with E-state index in [9.17, 15) is 9.59 Å². The Bertz CT molecular complexity index is 338. The third kappa shape index (κ3) is 15.3. The van der Waals surface area contributed by atoms with Gasteiger partial charge in [-0.3, -0.25) is 0 Å². The molecule has 5 nitrogen and oxygen atoms in total. The summed E-state index contributed by atoms with van der Waals surface area (Å²) in [5.74, 6) is -0.791. The fourth-order valence-electron chi connectivity index (χ4n) is 1.91. The Balaban J connectivity index is 3.63. The van der Waals surface area contributed by atoms with Crippen LogP contribution in [0.4, 0.5) is 0 Å². The molecule has 0 aromatic heterocycles. The van der Waals surface area contributed by atoms with Crippen molar-refractivity contribution in [2.45, 2.75) is 58.8 Å². The highest BCUT2D eigenvalue weighted by atomic mass is 16.5. The molecule has 0 N–H and O–H groups in total. The summed E-state index contributed by atoms with van der Waals surface area (Å²) < 4.78 is 15.0. The lowest BCUT2D eigenvalue weighted by molar-refractivity contribution is -0.141. The molecule has 0 aliphatic rings. The van der Waals surface area contributed by atoms with Crippen molar-refractivity contribution in [2.24, 2.45) is 5.92 Å². The van der Waals surface area contributed by atoms with Gasteiger partial charge in [0.2, 0.25) is 0 Å². The number of ether oxygens (including phenoxy) is 3. The summed E-state index contributed by atoms with van der Waals surface area (Å²) in [6, 6.07) is 0. The Morgan fingerprint density at radius 3 is 2.17 bits per heavy atom. The smallest absolute Gasteiger partial charge is 0.331 e. The van der Waals surface area contributed by atoms with Gasteiger partial charge in [-0.15, -0.1) is 0 Å². The fourth-order valence-corrected chi connectivity index (χ4v) is 1.91. The summed E-state index contributed by atoms with van der Waals surface area (Å²) in [5.41, 5.74) is 0. The van der Waals surface area contributed by atoms with Crippen LogP contribution in [-0.4, -0.2) is 38.9 Å². The molecule has 0 saturated carbocycles. The quantitative estimate of drug-likeness (QED) is 0.277. The van der Waals surface area contributed by atoms with Crippen molar-refractivity contribution in [1.82, 2.24) is 0 Å². The van der Waals surface area contributed by atoms with Crippen molar-refractivity contribution >= 4 is 11.9 Å². The minimum Gasteiger partial charge on any atom is -0.463 e. The largest absolute Gasteiger partial charge is 0.463 e. The minimum absolute atomic E-state index is 0.229. The lowest BCUT2D eigenvalue weighted by atomic mass is 10.1. The Labute approximate surface area is 140 Å². The zero-order chi connectivity index (χ0) is 17.3. The molecule has 1 unspecified atom stereocenters. The van der Waals surface area contributed by atoms with Gasteiger partial charge in [-0.05, 0) is 18.8 Å². The number of esters is 2. The standard InChI is InChI=1S/C18H32O5/c1-4-5-6-7-8-9-13-22-17(19)10-11-18(20)23-15-16(2)12-14-21-3/h10-11,16H,4-9,12-15H2,1-3H3/b11-10+. The highest BCUT2D eigenvalue weighted by molar-refractivity contribution is 5.91. The van der Waals surface area contributed by atoms with Crippen LogP contribution in [0, 0.1) is 5.92 Å². The molecule has 0 radical (unpaired) electrons. The first-order valence-corrected chi connectivity index (χ1v) is 8.60. The Morgan fingerprint density at radius 2 is 1.52 bits per heavy atom. The van der Waals surface area contributed by atoms with Gasteiger partial charge in [0, 0.05) is 25.9 Å². The topological polar surface area (TPSA) is 61.8 Å². The summed E-state index contributed by atoms with van der Waals surface area (Å²) in [4.78, 5) is 22.9. The molecule has 0 aromatic carbocycles. The van der Waals surface area contributed by atoms with E-state index in [1.807, 2.05) is 6.92 Å². The van der Waals surface area contributed by atoms with Crippen LogP contribution in [-0.2, 0) is 23.8 Å². The van der Waals surface area contributed by atoms with Gasteiger partial charge in [-0.2, -0.15) is 0 Å². The molecule has 1 atom stereocenters. The van der Waals surface area contributed by atoms with Crippen LogP contribution >= 0.6 is 0 Å². The van der Waals surface area contributed by atoms with Crippen LogP contribution < -0.4 is 0 Å². The number of rotatable bonds is 14. The molecule has 0 bridgehead atoms. The van der Waals surface area contributed by atoms with Crippen molar-refractivity contribution < 1.29 is 23.8 Å². The molecule has 0 aliphatic heterocycles. The van der Waals surface area contributed by atoms with Crippen LogP contribution in [0.1, 0.15) is 58.8 Å². The van der Waals surface area contributed by atoms with Crippen molar-refractivity contribution in [3.63, 3.8) is 0 Å². The minimum atomic E-state index is -0.522. The van der Waals surface area contributed by atoms with Crippen molar-refractivity contribution in [1.29, 1.82) is 0 Å². The zero-order valence-electron chi connectivity index (χ0n) is 14.8. The number of unbranched alkanes of at least 4 members (excludes halogenated alkanes) is 5. The lowest BCUT2D eigenvalue weighted by Crippen LogP contribution is -2.12. The predicted octanol–water partition coefficient (Wildman–Crippen LogP) is 3.66. The second-order valence-electron chi connectivity index (χ2n) is 5.79. The third-order valence-electron chi connectivity index (χ3n) is 3.42. The molecule has 0 heterocycles. The van der Waals surface area contributed by atoms with E-state index in [0.29, 0.717) is 19.8 Å². The maximum Gasteiger partial charge on any atom is 0.331 e. The first kappa shape index (κ1) is 21.6. The second-order valence-corrected chi connectivity index (χ2v) is 5.79. The van der Waals surface area contributed by atoms with Crippen molar-refractivity contribution in [3.05, 3.63) is 12.2 Å². The normalized spacial score (nSPS) is 12.3. The van der Waals surface area contributed by atoms with Gasteiger partial charge >= 0.3 is 11.9 Å². The molecular weight excluding hydrogens is 296 g/mol. The van der Waals surface area contributed by atoms with Gasteiger partial charge in [-0.1, -0.05) is 46.0 Å². The highest BCUT2D eigenvalue weighted by Gasteiger charge is 2.06. The van der Waals surface area contributed by atoms with E-state index < -0.39 is 11.9 Å². The molecule has 0 fully saturated rings. The maximum atomic E-state index is 11.5. The first-order chi connectivity index (χ1) is 11.1. The van der Waals surface area contributed by atoms with Gasteiger partial charge in [0.15, 0.2) is 0 Å². The number of hydrogen-bond acceptors (Lipinski definition) is 5. The van der Waals surface area contributed by atoms with Gasteiger partial charge in [0.25, 0.3) is 0 Å². The van der Waals surface area contributed by atoms with Crippen LogP contribution in [0.25, 0.3) is 0 Å². The summed E-state index contributed by atoms with van der Waals surface area (Å²) in [6.45, 7) is 5.52. The molecular formula is C18H32O5. The van der Waals surface area contributed by atoms with Gasteiger partial charge in [0.1, 0.15) is 0 Å². The molecule has 0 amide bonds. The maximum absolute atomic E-state index is 11.5.